The lowest BCUT2D eigenvalue weighted by atomic mass is 10.1. The first kappa shape index (κ1) is 14.7. The van der Waals surface area contributed by atoms with E-state index in [1.165, 1.54) is 0 Å². The van der Waals surface area contributed by atoms with Gasteiger partial charge in [0, 0.05) is 12.2 Å². The average molecular weight is 282 g/mol. The summed E-state index contributed by atoms with van der Waals surface area (Å²) in [5.74, 6) is 1.47. The summed E-state index contributed by atoms with van der Waals surface area (Å²) in [6.07, 6.45) is 0. The number of nitrogens with zero attached hydrogens (tertiary/aromatic N) is 1. The third kappa shape index (κ3) is 3.90. The first-order valence-electron chi connectivity index (χ1n) is 6.80. The molecule has 0 amide bonds. The standard InChI is InChI=1S/C17H18N2O2/c1-3-21-16-8-7-14(10-17(16)20-2)12-19-15-6-4-5-13(9-15)11-18/h4-10,19H,3,12H2,1-2H3. The molecule has 0 aliphatic heterocycles. The van der Waals surface area contributed by atoms with Gasteiger partial charge in [-0.15, -0.1) is 0 Å². The number of anilines is 1. The molecule has 0 atom stereocenters. The van der Waals surface area contributed by atoms with Crippen LogP contribution in [-0.2, 0) is 6.54 Å². The predicted octanol–water partition coefficient (Wildman–Crippen LogP) is 3.58. The Kier molecular flexibility index (Phi) is 5.05. The number of hydrogen-bond acceptors (Lipinski definition) is 4. The molecule has 2 aromatic carbocycles. The Morgan fingerprint density at radius 1 is 1.14 bits per heavy atom. The van der Waals surface area contributed by atoms with Gasteiger partial charge >= 0.3 is 0 Å². The van der Waals surface area contributed by atoms with Gasteiger partial charge in [-0.3, -0.25) is 0 Å². The van der Waals surface area contributed by atoms with Crippen LogP contribution in [0.4, 0.5) is 5.69 Å². The fourth-order valence-corrected chi connectivity index (χ4v) is 2.00. The van der Waals surface area contributed by atoms with Crippen molar-refractivity contribution in [1.29, 1.82) is 5.26 Å². The highest BCUT2D eigenvalue weighted by molar-refractivity contribution is 5.50. The second kappa shape index (κ2) is 7.20. The van der Waals surface area contributed by atoms with Crippen molar-refractivity contribution >= 4 is 5.69 Å². The Labute approximate surface area is 124 Å². The Bertz CT molecular complexity index is 647. The van der Waals surface area contributed by atoms with Crippen LogP contribution in [-0.4, -0.2) is 13.7 Å². The van der Waals surface area contributed by atoms with Crippen LogP contribution < -0.4 is 14.8 Å². The summed E-state index contributed by atoms with van der Waals surface area (Å²) in [4.78, 5) is 0. The van der Waals surface area contributed by atoms with E-state index in [9.17, 15) is 0 Å². The van der Waals surface area contributed by atoms with E-state index in [0.717, 1.165) is 22.7 Å². The van der Waals surface area contributed by atoms with Gasteiger partial charge in [-0.2, -0.15) is 5.26 Å². The van der Waals surface area contributed by atoms with E-state index in [4.69, 9.17) is 14.7 Å². The number of benzene rings is 2. The van der Waals surface area contributed by atoms with Crippen LogP contribution in [0.15, 0.2) is 42.5 Å². The van der Waals surface area contributed by atoms with Gasteiger partial charge in [0.2, 0.25) is 0 Å². The summed E-state index contributed by atoms with van der Waals surface area (Å²) in [6.45, 7) is 3.20. The molecule has 0 saturated carbocycles. The highest BCUT2D eigenvalue weighted by Gasteiger charge is 2.05. The van der Waals surface area contributed by atoms with Crippen LogP contribution in [0.5, 0.6) is 11.5 Å². The van der Waals surface area contributed by atoms with Crippen LogP contribution >= 0.6 is 0 Å². The monoisotopic (exact) mass is 282 g/mol. The van der Waals surface area contributed by atoms with E-state index in [1.54, 1.807) is 13.2 Å². The summed E-state index contributed by atoms with van der Waals surface area (Å²) in [6, 6.07) is 15.4. The zero-order chi connectivity index (χ0) is 15.1. The number of rotatable bonds is 6. The number of hydrogen-bond donors (Lipinski definition) is 1. The Morgan fingerprint density at radius 2 is 2.00 bits per heavy atom. The molecule has 0 aliphatic rings. The van der Waals surface area contributed by atoms with Crippen molar-refractivity contribution in [2.24, 2.45) is 0 Å². The quantitative estimate of drug-likeness (QED) is 0.880. The normalized spacial score (nSPS) is 9.76. The van der Waals surface area contributed by atoms with Crippen molar-refractivity contribution in [2.45, 2.75) is 13.5 Å². The fourth-order valence-electron chi connectivity index (χ4n) is 2.00. The maximum Gasteiger partial charge on any atom is 0.161 e. The molecule has 108 valence electrons. The largest absolute Gasteiger partial charge is 0.493 e. The van der Waals surface area contributed by atoms with Crippen LogP contribution in [0.3, 0.4) is 0 Å². The molecule has 0 heterocycles. The zero-order valence-electron chi connectivity index (χ0n) is 12.2. The second-order valence-corrected chi connectivity index (χ2v) is 4.46. The molecule has 0 saturated heterocycles. The fraction of sp³-hybridized carbons (Fsp3) is 0.235. The molecule has 0 aromatic heterocycles. The van der Waals surface area contributed by atoms with Gasteiger partial charge < -0.3 is 14.8 Å². The molecule has 0 aliphatic carbocycles. The van der Waals surface area contributed by atoms with E-state index in [0.29, 0.717) is 18.7 Å². The molecule has 21 heavy (non-hydrogen) atoms. The molecule has 0 bridgehead atoms. The van der Waals surface area contributed by atoms with Gasteiger partial charge in [0.15, 0.2) is 11.5 Å². The Balaban J connectivity index is 2.07. The predicted molar refractivity (Wildman–Crippen MR) is 82.6 cm³/mol. The molecular weight excluding hydrogens is 264 g/mol. The minimum Gasteiger partial charge on any atom is -0.493 e. The molecule has 0 spiro atoms. The smallest absolute Gasteiger partial charge is 0.161 e. The van der Waals surface area contributed by atoms with Gasteiger partial charge in [0.05, 0.1) is 25.3 Å². The number of methoxy groups -OCH3 is 1. The van der Waals surface area contributed by atoms with Gasteiger partial charge in [-0.1, -0.05) is 12.1 Å². The first-order chi connectivity index (χ1) is 10.3. The average Bonchev–Trinajstić information content (AvgIpc) is 2.54. The van der Waals surface area contributed by atoms with Crippen molar-refractivity contribution in [3.8, 4) is 17.6 Å². The molecule has 2 rings (SSSR count). The number of ether oxygens (including phenoxy) is 2. The van der Waals surface area contributed by atoms with Crippen molar-refractivity contribution in [2.75, 3.05) is 19.0 Å². The van der Waals surface area contributed by atoms with Crippen LogP contribution in [0.25, 0.3) is 0 Å². The summed E-state index contributed by atoms with van der Waals surface area (Å²) in [7, 11) is 1.63. The minimum absolute atomic E-state index is 0.606. The molecule has 4 heteroatoms. The van der Waals surface area contributed by atoms with Gasteiger partial charge in [-0.25, -0.2) is 0 Å². The Morgan fingerprint density at radius 3 is 2.71 bits per heavy atom. The van der Waals surface area contributed by atoms with E-state index >= 15 is 0 Å². The summed E-state index contributed by atoms with van der Waals surface area (Å²) in [5, 5.41) is 12.2. The molecule has 0 unspecified atom stereocenters. The van der Waals surface area contributed by atoms with Crippen LogP contribution in [0, 0.1) is 11.3 Å². The van der Waals surface area contributed by atoms with Crippen molar-refractivity contribution in [1.82, 2.24) is 0 Å². The Hall–Kier alpha value is -2.67. The molecule has 0 radical (unpaired) electrons. The van der Waals surface area contributed by atoms with Gasteiger partial charge in [0.25, 0.3) is 0 Å². The molecule has 1 N–H and O–H groups in total. The molecular formula is C17H18N2O2. The van der Waals surface area contributed by atoms with E-state index in [1.807, 2.05) is 43.3 Å². The third-order valence-electron chi connectivity index (χ3n) is 3.02. The SMILES string of the molecule is CCOc1ccc(CNc2cccc(C#N)c2)cc1OC. The van der Waals surface area contributed by atoms with E-state index in [-0.39, 0.29) is 0 Å². The number of nitriles is 1. The van der Waals surface area contributed by atoms with Crippen molar-refractivity contribution in [3.63, 3.8) is 0 Å². The lowest BCUT2D eigenvalue weighted by Gasteiger charge is -2.12. The summed E-state index contributed by atoms with van der Waals surface area (Å²) < 4.78 is 10.8. The molecule has 4 nitrogen and oxygen atoms in total. The lowest BCUT2D eigenvalue weighted by molar-refractivity contribution is 0.310. The van der Waals surface area contributed by atoms with Crippen molar-refractivity contribution in [3.05, 3.63) is 53.6 Å². The van der Waals surface area contributed by atoms with Gasteiger partial charge in [-0.05, 0) is 42.8 Å². The first-order valence-corrected chi connectivity index (χ1v) is 6.80. The molecule has 2 aromatic rings. The van der Waals surface area contributed by atoms with Gasteiger partial charge in [0.1, 0.15) is 0 Å². The number of nitrogens with one attached hydrogen (secondary N) is 1. The lowest BCUT2D eigenvalue weighted by Crippen LogP contribution is -2.01. The maximum atomic E-state index is 8.89. The highest BCUT2D eigenvalue weighted by atomic mass is 16.5. The second-order valence-electron chi connectivity index (χ2n) is 4.46. The van der Waals surface area contributed by atoms with Crippen molar-refractivity contribution < 1.29 is 9.47 Å². The van der Waals surface area contributed by atoms with Crippen LogP contribution in [0.2, 0.25) is 0 Å². The summed E-state index contributed by atoms with van der Waals surface area (Å²) in [5.41, 5.74) is 2.64. The molecule has 0 fully saturated rings. The van der Waals surface area contributed by atoms with Crippen LogP contribution in [0.1, 0.15) is 18.1 Å². The highest BCUT2D eigenvalue weighted by Crippen LogP contribution is 2.28. The topological polar surface area (TPSA) is 54.3 Å². The van der Waals surface area contributed by atoms with E-state index < -0.39 is 0 Å². The summed E-state index contributed by atoms with van der Waals surface area (Å²) >= 11 is 0. The van der Waals surface area contributed by atoms with E-state index in [2.05, 4.69) is 11.4 Å². The third-order valence-corrected chi connectivity index (χ3v) is 3.02. The maximum absolute atomic E-state index is 8.89. The zero-order valence-corrected chi connectivity index (χ0v) is 12.2. The minimum atomic E-state index is 0.606.